The first-order valence-corrected chi connectivity index (χ1v) is 6.68. The van der Waals surface area contributed by atoms with Crippen molar-refractivity contribution in [3.63, 3.8) is 0 Å². The minimum Gasteiger partial charge on any atom is -0.396 e. The summed E-state index contributed by atoms with van der Waals surface area (Å²) in [5.74, 6) is 0.854. The van der Waals surface area contributed by atoms with Crippen LogP contribution in [0.5, 0.6) is 0 Å². The van der Waals surface area contributed by atoms with E-state index in [0.29, 0.717) is 18.7 Å². The summed E-state index contributed by atoms with van der Waals surface area (Å²) in [5.41, 5.74) is 0. The summed E-state index contributed by atoms with van der Waals surface area (Å²) in [6.07, 6.45) is 8.78. The highest BCUT2D eigenvalue weighted by Gasteiger charge is 2.31. The van der Waals surface area contributed by atoms with Crippen molar-refractivity contribution in [1.82, 2.24) is 5.32 Å². The Morgan fingerprint density at radius 3 is 2.47 bits per heavy atom. The van der Waals surface area contributed by atoms with E-state index in [1.807, 2.05) is 0 Å². The smallest absolute Gasteiger partial charge is 0.0445 e. The topological polar surface area (TPSA) is 32.3 Å². The summed E-state index contributed by atoms with van der Waals surface area (Å²) in [6, 6.07) is 1.25. The third-order valence-corrected chi connectivity index (χ3v) is 3.48. The highest BCUT2D eigenvalue weighted by molar-refractivity contribution is 4.88. The predicted molar refractivity (Wildman–Crippen MR) is 65.0 cm³/mol. The lowest BCUT2D eigenvalue weighted by molar-refractivity contribution is 0.244. The van der Waals surface area contributed by atoms with Crippen LogP contribution in [0.25, 0.3) is 0 Å². The molecule has 0 amide bonds. The van der Waals surface area contributed by atoms with Crippen molar-refractivity contribution in [3.8, 4) is 0 Å². The van der Waals surface area contributed by atoms with Gasteiger partial charge in [0.2, 0.25) is 0 Å². The summed E-state index contributed by atoms with van der Waals surface area (Å²) >= 11 is 0. The molecule has 0 aromatic heterocycles. The van der Waals surface area contributed by atoms with Crippen molar-refractivity contribution >= 4 is 0 Å². The fourth-order valence-electron chi connectivity index (χ4n) is 2.25. The maximum absolute atomic E-state index is 9.04. The summed E-state index contributed by atoms with van der Waals surface area (Å²) in [6.45, 7) is 4.84. The first kappa shape index (κ1) is 13.0. The summed E-state index contributed by atoms with van der Waals surface area (Å²) < 4.78 is 0. The van der Waals surface area contributed by atoms with Crippen molar-refractivity contribution in [2.75, 3.05) is 6.61 Å². The average molecular weight is 213 g/mol. The molecule has 2 nitrogen and oxygen atoms in total. The minimum absolute atomic E-state index is 0.332. The van der Waals surface area contributed by atoms with E-state index in [9.17, 15) is 0 Å². The van der Waals surface area contributed by atoms with Crippen LogP contribution < -0.4 is 5.32 Å². The molecule has 0 aromatic carbocycles. The summed E-state index contributed by atoms with van der Waals surface area (Å²) in [5, 5.41) is 12.8. The molecule has 1 rings (SSSR count). The van der Waals surface area contributed by atoms with Gasteiger partial charge in [0.25, 0.3) is 0 Å². The van der Waals surface area contributed by atoms with Crippen LogP contribution >= 0.6 is 0 Å². The number of unbranched alkanes of at least 4 members (excludes halogenated alkanes) is 1. The molecule has 0 aromatic rings. The molecule has 2 unspecified atom stereocenters. The zero-order valence-electron chi connectivity index (χ0n) is 10.3. The van der Waals surface area contributed by atoms with Gasteiger partial charge in [0.05, 0.1) is 0 Å². The van der Waals surface area contributed by atoms with Gasteiger partial charge in [0.1, 0.15) is 0 Å². The second-order valence-electron chi connectivity index (χ2n) is 4.87. The van der Waals surface area contributed by atoms with Crippen LogP contribution in [0.3, 0.4) is 0 Å². The lowest BCUT2D eigenvalue weighted by Crippen LogP contribution is -2.40. The zero-order chi connectivity index (χ0) is 11.1. The molecule has 1 fully saturated rings. The van der Waals surface area contributed by atoms with Gasteiger partial charge < -0.3 is 10.4 Å². The quantitative estimate of drug-likeness (QED) is 0.617. The Morgan fingerprint density at radius 2 is 2.00 bits per heavy atom. The minimum atomic E-state index is 0.332. The van der Waals surface area contributed by atoms with Crippen molar-refractivity contribution in [2.24, 2.45) is 5.92 Å². The number of nitrogens with one attached hydrogen (secondary N) is 1. The number of aliphatic hydroxyl groups excluding tert-OH is 1. The molecule has 1 saturated carbocycles. The normalized spacial score (nSPS) is 20.2. The number of hydrogen-bond acceptors (Lipinski definition) is 2. The van der Waals surface area contributed by atoms with Gasteiger partial charge in [-0.2, -0.15) is 0 Å². The predicted octanol–water partition coefficient (Wildman–Crippen LogP) is 2.71. The van der Waals surface area contributed by atoms with E-state index in [4.69, 9.17) is 5.11 Å². The van der Waals surface area contributed by atoms with Gasteiger partial charge in [-0.3, -0.25) is 0 Å². The Bertz CT molecular complexity index is 157. The second-order valence-corrected chi connectivity index (χ2v) is 4.87. The SMILES string of the molecule is CCCCC(CC)NC(CCO)C1CC1. The third kappa shape index (κ3) is 4.98. The highest BCUT2D eigenvalue weighted by atomic mass is 16.3. The van der Waals surface area contributed by atoms with Gasteiger partial charge in [0, 0.05) is 18.7 Å². The summed E-state index contributed by atoms with van der Waals surface area (Å²) in [4.78, 5) is 0. The van der Waals surface area contributed by atoms with Gasteiger partial charge >= 0.3 is 0 Å². The van der Waals surface area contributed by atoms with Gasteiger partial charge in [-0.15, -0.1) is 0 Å². The number of hydrogen-bond donors (Lipinski definition) is 2. The molecule has 0 spiro atoms. The molecule has 15 heavy (non-hydrogen) atoms. The fraction of sp³-hybridized carbons (Fsp3) is 1.00. The van der Waals surface area contributed by atoms with E-state index in [1.165, 1.54) is 38.5 Å². The lowest BCUT2D eigenvalue weighted by Gasteiger charge is -2.24. The van der Waals surface area contributed by atoms with Crippen LogP contribution in [-0.4, -0.2) is 23.8 Å². The average Bonchev–Trinajstić information content (AvgIpc) is 3.06. The van der Waals surface area contributed by atoms with Crippen molar-refractivity contribution in [1.29, 1.82) is 0 Å². The molecule has 2 heteroatoms. The highest BCUT2D eigenvalue weighted by Crippen LogP contribution is 2.34. The van der Waals surface area contributed by atoms with Crippen LogP contribution in [0.1, 0.15) is 58.8 Å². The van der Waals surface area contributed by atoms with Crippen LogP contribution in [0.4, 0.5) is 0 Å². The van der Waals surface area contributed by atoms with E-state index in [2.05, 4.69) is 19.2 Å². The van der Waals surface area contributed by atoms with E-state index in [-0.39, 0.29) is 0 Å². The molecule has 0 radical (unpaired) electrons. The lowest BCUT2D eigenvalue weighted by atomic mass is 10.0. The molecule has 0 aliphatic heterocycles. The van der Waals surface area contributed by atoms with Crippen molar-refractivity contribution < 1.29 is 5.11 Å². The Hall–Kier alpha value is -0.0800. The Labute approximate surface area is 94.5 Å². The van der Waals surface area contributed by atoms with Gasteiger partial charge in [-0.1, -0.05) is 26.7 Å². The van der Waals surface area contributed by atoms with Crippen molar-refractivity contribution in [3.05, 3.63) is 0 Å². The molecular weight excluding hydrogens is 186 g/mol. The first-order chi connectivity index (χ1) is 7.31. The molecule has 2 atom stereocenters. The van der Waals surface area contributed by atoms with Gasteiger partial charge in [-0.25, -0.2) is 0 Å². The molecule has 0 bridgehead atoms. The van der Waals surface area contributed by atoms with Crippen molar-refractivity contribution in [2.45, 2.75) is 70.9 Å². The third-order valence-electron chi connectivity index (χ3n) is 3.48. The largest absolute Gasteiger partial charge is 0.396 e. The Balaban J connectivity index is 2.25. The fourth-order valence-corrected chi connectivity index (χ4v) is 2.25. The van der Waals surface area contributed by atoms with Crippen LogP contribution in [0, 0.1) is 5.92 Å². The van der Waals surface area contributed by atoms with E-state index in [1.54, 1.807) is 0 Å². The summed E-state index contributed by atoms with van der Waals surface area (Å²) in [7, 11) is 0. The molecule has 0 saturated heterocycles. The van der Waals surface area contributed by atoms with Gasteiger partial charge in [-0.05, 0) is 38.0 Å². The second kappa shape index (κ2) is 7.24. The standard InChI is InChI=1S/C13H27NO/c1-3-5-6-12(4-2)14-13(9-10-15)11-7-8-11/h11-15H,3-10H2,1-2H3. The molecule has 1 aliphatic carbocycles. The molecular formula is C13H27NO. The number of rotatable bonds is 9. The Morgan fingerprint density at radius 1 is 1.27 bits per heavy atom. The van der Waals surface area contributed by atoms with Crippen LogP contribution in [0.15, 0.2) is 0 Å². The Kier molecular flexibility index (Phi) is 6.26. The molecule has 1 aliphatic rings. The maximum Gasteiger partial charge on any atom is 0.0445 e. The zero-order valence-corrected chi connectivity index (χ0v) is 10.3. The molecule has 0 heterocycles. The van der Waals surface area contributed by atoms with E-state index >= 15 is 0 Å². The first-order valence-electron chi connectivity index (χ1n) is 6.68. The van der Waals surface area contributed by atoms with Crippen LogP contribution in [-0.2, 0) is 0 Å². The molecule has 2 N–H and O–H groups in total. The number of aliphatic hydroxyl groups is 1. The maximum atomic E-state index is 9.04. The van der Waals surface area contributed by atoms with Gasteiger partial charge in [0.15, 0.2) is 0 Å². The molecule has 90 valence electrons. The van der Waals surface area contributed by atoms with E-state index < -0.39 is 0 Å². The van der Waals surface area contributed by atoms with Crippen LogP contribution in [0.2, 0.25) is 0 Å². The monoisotopic (exact) mass is 213 g/mol. The van der Waals surface area contributed by atoms with E-state index in [0.717, 1.165) is 12.3 Å².